The molecule has 6 rings (SSSR count). The van der Waals surface area contributed by atoms with Crippen LogP contribution >= 0.6 is 0 Å². The van der Waals surface area contributed by atoms with Crippen molar-refractivity contribution in [1.82, 2.24) is 4.90 Å². The predicted molar refractivity (Wildman–Crippen MR) is 125 cm³/mol. The van der Waals surface area contributed by atoms with E-state index in [1.165, 1.54) is 44.9 Å². The lowest BCUT2D eigenvalue weighted by molar-refractivity contribution is -0.194. The molecule has 0 aromatic rings. The highest BCUT2D eigenvalue weighted by molar-refractivity contribution is 5.49. The molecule has 4 aliphatic carbocycles. The first-order chi connectivity index (χ1) is 15.2. The smallest absolute Gasteiger partial charge is 0.211 e. The summed E-state index contributed by atoms with van der Waals surface area (Å²) in [5.41, 5.74) is 0.435. The summed E-state index contributed by atoms with van der Waals surface area (Å²) in [5, 5.41) is 10.3. The lowest BCUT2D eigenvalue weighted by Gasteiger charge is -2.61. The first-order valence-corrected chi connectivity index (χ1v) is 13.8. The number of fused-ring (bicyclic) bond motifs is 7. The summed E-state index contributed by atoms with van der Waals surface area (Å²) in [6.45, 7) is 10.7. The van der Waals surface area contributed by atoms with E-state index in [0.717, 1.165) is 55.9 Å². The van der Waals surface area contributed by atoms with E-state index < -0.39 is 0 Å². The number of amides is 1. The molecule has 6 aliphatic rings. The molecule has 1 amide bonds. The van der Waals surface area contributed by atoms with Crippen molar-refractivity contribution < 1.29 is 14.6 Å². The van der Waals surface area contributed by atoms with Crippen LogP contribution in [0.3, 0.4) is 0 Å². The van der Waals surface area contributed by atoms with Gasteiger partial charge in [0.25, 0.3) is 0 Å². The average Bonchev–Trinajstić information content (AvgIpc) is 3.21. The van der Waals surface area contributed by atoms with Crippen LogP contribution in [0.2, 0.25) is 0 Å². The van der Waals surface area contributed by atoms with Crippen molar-refractivity contribution in [2.45, 2.75) is 110 Å². The number of likely N-dealkylation sites (tertiary alicyclic amines) is 1. The van der Waals surface area contributed by atoms with Crippen LogP contribution in [0.15, 0.2) is 0 Å². The molecule has 0 aromatic carbocycles. The number of piperidine rings is 1. The Kier molecular flexibility index (Phi) is 4.92. The largest absolute Gasteiger partial charge is 0.393 e. The summed E-state index contributed by atoms with van der Waals surface area (Å²) >= 11 is 0. The molecule has 0 radical (unpaired) electrons. The van der Waals surface area contributed by atoms with Gasteiger partial charge in [-0.2, -0.15) is 0 Å². The molecule has 180 valence electrons. The van der Waals surface area contributed by atoms with Gasteiger partial charge in [-0.1, -0.05) is 27.7 Å². The number of aliphatic hydroxyl groups excluding tert-OH is 1. The van der Waals surface area contributed by atoms with Crippen molar-refractivity contribution >= 4 is 6.41 Å². The lowest BCUT2D eigenvalue weighted by Crippen LogP contribution is -2.58. The van der Waals surface area contributed by atoms with Gasteiger partial charge in [0.1, 0.15) is 5.72 Å². The Bertz CT molecular complexity index is 772. The second-order valence-corrected chi connectivity index (χ2v) is 13.6. The quantitative estimate of drug-likeness (QED) is 0.564. The topological polar surface area (TPSA) is 49.8 Å². The highest BCUT2D eigenvalue weighted by Crippen LogP contribution is 2.71. The Morgan fingerprint density at radius 3 is 2.50 bits per heavy atom. The maximum absolute atomic E-state index is 12.1. The van der Waals surface area contributed by atoms with Crippen LogP contribution in [-0.2, 0) is 9.53 Å². The van der Waals surface area contributed by atoms with Crippen molar-refractivity contribution in [2.75, 3.05) is 6.54 Å². The van der Waals surface area contributed by atoms with Gasteiger partial charge in [-0.25, -0.2) is 0 Å². The molecule has 12 atom stereocenters. The summed E-state index contributed by atoms with van der Waals surface area (Å²) in [4.78, 5) is 14.2. The van der Waals surface area contributed by atoms with E-state index >= 15 is 0 Å². The Morgan fingerprint density at radius 2 is 1.72 bits per heavy atom. The maximum Gasteiger partial charge on any atom is 0.211 e. The van der Waals surface area contributed by atoms with Gasteiger partial charge in [0, 0.05) is 12.5 Å². The third-order valence-corrected chi connectivity index (χ3v) is 12.4. The van der Waals surface area contributed by atoms with E-state index in [9.17, 15) is 9.90 Å². The third kappa shape index (κ3) is 2.72. The van der Waals surface area contributed by atoms with Crippen LogP contribution in [0.1, 0.15) is 91.9 Å². The fraction of sp³-hybridized carbons (Fsp3) is 0.964. The molecule has 4 nitrogen and oxygen atoms in total. The SMILES string of the molecule is C[C@H]1CC[C@@]2(OC3CC4[C@@H]5CCC6C[C@@H](O)CC[C@]6(C)C5CC[C@]4(C)C3[C@@H]2C)N(C=O)C1. The fourth-order valence-corrected chi connectivity index (χ4v) is 10.9. The number of nitrogens with zero attached hydrogens (tertiary/aromatic N) is 1. The van der Waals surface area contributed by atoms with Gasteiger partial charge < -0.3 is 14.7 Å². The van der Waals surface area contributed by atoms with E-state index in [1.54, 1.807) is 0 Å². The molecular formula is C28H45NO3. The molecule has 1 N–H and O–H groups in total. The van der Waals surface area contributed by atoms with Gasteiger partial charge in [-0.15, -0.1) is 0 Å². The van der Waals surface area contributed by atoms with Gasteiger partial charge in [-0.3, -0.25) is 4.79 Å². The standard InChI is InChI=1S/C28H45NO3/c1-17-7-12-28(29(15-17)16-30)18(2)25-24(32-28)14-23-21-6-5-19-13-20(31)8-10-26(19,3)22(21)9-11-27(23,25)4/h16-25,31H,5-15H2,1-4H3/t17-,18-,19?,20-,21+,22?,23?,24?,25?,26-,27-,28-/m0/s1. The monoisotopic (exact) mass is 443 g/mol. The van der Waals surface area contributed by atoms with Gasteiger partial charge >= 0.3 is 0 Å². The number of ether oxygens (including phenoxy) is 1. The number of carbonyl (C=O) groups excluding carboxylic acids is 1. The third-order valence-electron chi connectivity index (χ3n) is 12.4. The van der Waals surface area contributed by atoms with Crippen molar-refractivity contribution in [3.8, 4) is 0 Å². The highest BCUT2D eigenvalue weighted by atomic mass is 16.5. The molecule has 2 aliphatic heterocycles. The van der Waals surface area contributed by atoms with Crippen LogP contribution in [0, 0.1) is 52.3 Å². The number of aliphatic hydroxyl groups is 1. The van der Waals surface area contributed by atoms with Gasteiger partial charge in [0.15, 0.2) is 0 Å². The molecule has 1 spiro atoms. The van der Waals surface area contributed by atoms with Crippen LogP contribution < -0.4 is 0 Å². The van der Waals surface area contributed by atoms with E-state index in [1.807, 2.05) is 4.90 Å². The van der Waals surface area contributed by atoms with Crippen molar-refractivity contribution in [1.29, 1.82) is 0 Å². The van der Waals surface area contributed by atoms with E-state index in [4.69, 9.17) is 4.74 Å². The first-order valence-electron chi connectivity index (χ1n) is 13.8. The summed E-state index contributed by atoms with van der Waals surface area (Å²) in [7, 11) is 0. The maximum atomic E-state index is 12.1. The van der Waals surface area contributed by atoms with Crippen LogP contribution in [0.5, 0.6) is 0 Å². The average molecular weight is 444 g/mol. The molecule has 0 bridgehead atoms. The molecule has 2 saturated heterocycles. The second kappa shape index (κ2) is 7.20. The zero-order valence-corrected chi connectivity index (χ0v) is 20.8. The zero-order valence-electron chi connectivity index (χ0n) is 20.8. The van der Waals surface area contributed by atoms with E-state index in [0.29, 0.717) is 34.7 Å². The molecule has 0 aromatic heterocycles. The lowest BCUT2D eigenvalue weighted by atomic mass is 9.44. The van der Waals surface area contributed by atoms with Crippen LogP contribution in [-0.4, -0.2) is 40.9 Å². The first kappa shape index (κ1) is 21.9. The Hall–Kier alpha value is -0.610. The molecular weight excluding hydrogens is 398 g/mol. The number of rotatable bonds is 1. The summed E-state index contributed by atoms with van der Waals surface area (Å²) in [5.74, 6) is 4.74. The Labute approximate surface area is 194 Å². The minimum atomic E-state index is -0.350. The van der Waals surface area contributed by atoms with Crippen molar-refractivity contribution in [3.63, 3.8) is 0 Å². The van der Waals surface area contributed by atoms with E-state index in [2.05, 4.69) is 27.7 Å². The molecule has 4 saturated carbocycles. The van der Waals surface area contributed by atoms with Crippen LogP contribution in [0.4, 0.5) is 0 Å². The fourth-order valence-electron chi connectivity index (χ4n) is 10.9. The Morgan fingerprint density at radius 1 is 0.938 bits per heavy atom. The molecule has 4 heteroatoms. The van der Waals surface area contributed by atoms with Gasteiger partial charge in [-0.05, 0) is 111 Å². The molecule has 6 fully saturated rings. The second-order valence-electron chi connectivity index (χ2n) is 13.6. The molecule has 32 heavy (non-hydrogen) atoms. The van der Waals surface area contributed by atoms with Crippen LogP contribution in [0.25, 0.3) is 0 Å². The minimum Gasteiger partial charge on any atom is -0.393 e. The highest BCUT2D eigenvalue weighted by Gasteiger charge is 2.69. The predicted octanol–water partition coefficient (Wildman–Crippen LogP) is 5.24. The Balaban J connectivity index is 1.28. The van der Waals surface area contributed by atoms with Gasteiger partial charge in [0.2, 0.25) is 6.41 Å². The number of hydrogen-bond donors (Lipinski definition) is 1. The number of carbonyl (C=O) groups is 1. The van der Waals surface area contributed by atoms with E-state index in [-0.39, 0.29) is 11.8 Å². The molecule has 5 unspecified atom stereocenters. The van der Waals surface area contributed by atoms with Crippen molar-refractivity contribution in [3.05, 3.63) is 0 Å². The van der Waals surface area contributed by atoms with Gasteiger partial charge in [0.05, 0.1) is 12.2 Å². The summed E-state index contributed by atoms with van der Waals surface area (Å²) < 4.78 is 7.02. The normalized spacial score (nSPS) is 59.3. The molecule has 2 heterocycles. The zero-order chi connectivity index (χ0) is 22.5. The summed E-state index contributed by atoms with van der Waals surface area (Å²) in [6, 6.07) is 0. The summed E-state index contributed by atoms with van der Waals surface area (Å²) in [6.07, 6.45) is 13.4. The minimum absolute atomic E-state index is 0.0614. The van der Waals surface area contributed by atoms with Crippen molar-refractivity contribution in [2.24, 2.45) is 52.3 Å². The number of hydrogen-bond acceptors (Lipinski definition) is 3.